The summed E-state index contributed by atoms with van der Waals surface area (Å²) in [5, 5.41) is 27.3. The van der Waals surface area contributed by atoms with Gasteiger partial charge in [-0.1, -0.05) is 0 Å². The van der Waals surface area contributed by atoms with Crippen molar-refractivity contribution in [3.8, 4) is 11.5 Å². The first-order valence-electron chi connectivity index (χ1n) is 6.14. The van der Waals surface area contributed by atoms with Crippen LogP contribution in [0.2, 0.25) is 0 Å². The quantitative estimate of drug-likeness (QED) is 0.716. The summed E-state index contributed by atoms with van der Waals surface area (Å²) in [6, 6.07) is 0. The van der Waals surface area contributed by atoms with E-state index < -0.39 is 35.7 Å². The summed E-state index contributed by atoms with van der Waals surface area (Å²) in [6.07, 6.45) is 0.0655. The monoisotopic (exact) mass is 299 g/mol. The molecule has 114 valence electrons. The number of rotatable bonds is 5. The number of hydrogen-bond acceptors (Lipinski definition) is 5. The zero-order valence-electron chi connectivity index (χ0n) is 10.9. The van der Waals surface area contributed by atoms with Gasteiger partial charge in [-0.15, -0.1) is 0 Å². The van der Waals surface area contributed by atoms with Crippen molar-refractivity contribution >= 4 is 17.9 Å². The molecule has 0 atom stereocenters. The molecule has 0 spiro atoms. The summed E-state index contributed by atoms with van der Waals surface area (Å²) < 4.78 is 11.5. The molecule has 0 saturated carbocycles. The van der Waals surface area contributed by atoms with Crippen molar-refractivity contribution in [3.63, 3.8) is 0 Å². The average Bonchev–Trinajstić information content (AvgIpc) is 2.53. The van der Waals surface area contributed by atoms with E-state index >= 15 is 0 Å². The van der Waals surface area contributed by atoms with Crippen LogP contribution in [-0.2, 0) is 11.3 Å². The number of ether oxygens (including phenoxy) is 2. The lowest BCUT2D eigenvalue weighted by atomic mass is 10.3. The molecule has 0 radical (unpaired) electrons. The van der Waals surface area contributed by atoms with Gasteiger partial charge >= 0.3 is 17.9 Å². The number of aromatic carboxylic acids is 2. The van der Waals surface area contributed by atoms with E-state index in [9.17, 15) is 24.6 Å². The van der Waals surface area contributed by atoms with Crippen LogP contribution in [0.4, 0.5) is 0 Å². The van der Waals surface area contributed by atoms with Crippen molar-refractivity contribution in [3.05, 3.63) is 11.4 Å². The molecule has 0 bridgehead atoms. The summed E-state index contributed by atoms with van der Waals surface area (Å²) in [6.45, 7) is 0.0723. The Kier molecular flexibility index (Phi) is 4.01. The summed E-state index contributed by atoms with van der Waals surface area (Å²) in [5.41, 5.74) is -0.823. The Balaban J connectivity index is 2.61. The van der Waals surface area contributed by atoms with Gasteiger partial charge in [0.2, 0.25) is 0 Å². The number of fused-ring (bicyclic) bond motifs is 1. The molecule has 0 fully saturated rings. The molecule has 9 nitrogen and oxygen atoms in total. The van der Waals surface area contributed by atoms with Gasteiger partial charge in [-0.25, -0.2) is 9.59 Å². The van der Waals surface area contributed by atoms with E-state index in [1.807, 2.05) is 0 Å². The van der Waals surface area contributed by atoms with Crippen LogP contribution in [0.1, 0.15) is 33.8 Å². The van der Waals surface area contributed by atoms with Crippen molar-refractivity contribution in [1.29, 1.82) is 0 Å². The van der Waals surface area contributed by atoms with Gasteiger partial charge in [-0.3, -0.25) is 4.79 Å². The molecule has 1 aliphatic rings. The highest BCUT2D eigenvalue weighted by Gasteiger charge is 2.34. The van der Waals surface area contributed by atoms with Crippen LogP contribution in [0, 0.1) is 0 Å². The average molecular weight is 299 g/mol. The number of aromatic nitrogens is 1. The van der Waals surface area contributed by atoms with Gasteiger partial charge in [-0.2, -0.15) is 0 Å². The topological polar surface area (TPSA) is 135 Å². The zero-order chi connectivity index (χ0) is 15.6. The van der Waals surface area contributed by atoms with Crippen LogP contribution in [0.3, 0.4) is 0 Å². The van der Waals surface area contributed by atoms with E-state index in [2.05, 4.69) is 0 Å². The fraction of sp³-hybridized carbons (Fsp3) is 0.417. The lowest BCUT2D eigenvalue weighted by Crippen LogP contribution is -2.17. The second-order valence-electron chi connectivity index (χ2n) is 4.31. The number of nitrogens with zero attached hydrogens (tertiary/aromatic N) is 1. The molecule has 2 rings (SSSR count). The molecule has 1 aromatic heterocycles. The van der Waals surface area contributed by atoms with Crippen LogP contribution < -0.4 is 9.47 Å². The number of carboxylic acids is 3. The van der Waals surface area contributed by atoms with Crippen molar-refractivity contribution in [2.75, 3.05) is 13.2 Å². The highest BCUT2D eigenvalue weighted by atomic mass is 16.5. The molecule has 1 aliphatic heterocycles. The first kappa shape index (κ1) is 14.7. The Morgan fingerprint density at radius 1 is 0.952 bits per heavy atom. The second-order valence-corrected chi connectivity index (χ2v) is 4.31. The molecule has 21 heavy (non-hydrogen) atoms. The van der Waals surface area contributed by atoms with Crippen molar-refractivity contribution < 1.29 is 39.2 Å². The Morgan fingerprint density at radius 2 is 1.43 bits per heavy atom. The first-order chi connectivity index (χ1) is 9.93. The molecule has 2 heterocycles. The van der Waals surface area contributed by atoms with Crippen molar-refractivity contribution in [2.45, 2.75) is 19.4 Å². The standard InChI is InChI=1S/C12H13NO8/c14-6(15)2-3-13-7(11(16)17)9-10(8(13)12(18)19)21-5-1-4-20-9/h1-5H2,(H,14,15)(H,16,17)(H,18,19). The van der Waals surface area contributed by atoms with E-state index in [4.69, 9.17) is 14.6 Å². The van der Waals surface area contributed by atoms with Gasteiger partial charge < -0.3 is 29.4 Å². The van der Waals surface area contributed by atoms with Crippen molar-refractivity contribution in [1.82, 2.24) is 4.57 Å². The van der Waals surface area contributed by atoms with Crippen LogP contribution in [0.5, 0.6) is 11.5 Å². The van der Waals surface area contributed by atoms with Crippen LogP contribution in [0.15, 0.2) is 0 Å². The Bertz CT molecular complexity index is 561. The van der Waals surface area contributed by atoms with E-state index in [1.165, 1.54) is 0 Å². The van der Waals surface area contributed by atoms with E-state index in [0.717, 1.165) is 4.57 Å². The third-order valence-electron chi connectivity index (χ3n) is 2.91. The molecule has 0 amide bonds. The molecule has 0 saturated heterocycles. The number of carboxylic acid groups (broad SMARTS) is 3. The molecule has 0 aromatic carbocycles. The minimum Gasteiger partial charge on any atom is -0.487 e. The van der Waals surface area contributed by atoms with Crippen LogP contribution >= 0.6 is 0 Å². The summed E-state index contributed by atoms with van der Waals surface area (Å²) in [5.74, 6) is -4.32. The van der Waals surface area contributed by atoms with Gasteiger partial charge in [-0.05, 0) is 0 Å². The lowest BCUT2D eigenvalue weighted by molar-refractivity contribution is -0.137. The third-order valence-corrected chi connectivity index (χ3v) is 2.91. The summed E-state index contributed by atoms with van der Waals surface area (Å²) >= 11 is 0. The molecule has 9 heteroatoms. The second kappa shape index (κ2) is 5.73. The van der Waals surface area contributed by atoms with Crippen molar-refractivity contribution in [2.24, 2.45) is 0 Å². The predicted molar refractivity (Wildman–Crippen MR) is 66.2 cm³/mol. The highest BCUT2D eigenvalue weighted by molar-refractivity contribution is 5.98. The fourth-order valence-corrected chi connectivity index (χ4v) is 2.10. The highest BCUT2D eigenvalue weighted by Crippen LogP contribution is 2.40. The third kappa shape index (κ3) is 2.76. The maximum absolute atomic E-state index is 11.4. The van der Waals surface area contributed by atoms with Gasteiger partial charge in [0.25, 0.3) is 0 Å². The predicted octanol–water partition coefficient (Wildman–Crippen LogP) is 0.520. The molecule has 3 N–H and O–H groups in total. The van der Waals surface area contributed by atoms with Gasteiger partial charge in [0.15, 0.2) is 22.9 Å². The summed E-state index contributed by atoms with van der Waals surface area (Å²) in [4.78, 5) is 33.4. The number of aliphatic carboxylic acids is 1. The van der Waals surface area contributed by atoms with Crippen LogP contribution in [-0.4, -0.2) is 51.0 Å². The molecule has 0 aliphatic carbocycles. The Morgan fingerprint density at radius 3 is 1.81 bits per heavy atom. The molecule has 1 aromatic rings. The van der Waals surface area contributed by atoms with E-state index in [-0.39, 0.29) is 31.3 Å². The fourth-order valence-electron chi connectivity index (χ4n) is 2.10. The van der Waals surface area contributed by atoms with Gasteiger partial charge in [0, 0.05) is 13.0 Å². The van der Waals surface area contributed by atoms with Crippen LogP contribution in [0.25, 0.3) is 0 Å². The largest absolute Gasteiger partial charge is 0.487 e. The maximum atomic E-state index is 11.4. The first-order valence-corrected chi connectivity index (χ1v) is 6.14. The minimum atomic E-state index is -1.41. The van der Waals surface area contributed by atoms with E-state index in [0.29, 0.717) is 6.42 Å². The van der Waals surface area contributed by atoms with E-state index in [1.54, 1.807) is 0 Å². The summed E-state index contributed by atoms with van der Waals surface area (Å²) in [7, 11) is 0. The van der Waals surface area contributed by atoms with Gasteiger partial charge in [0.05, 0.1) is 19.6 Å². The normalized spacial score (nSPS) is 13.5. The minimum absolute atomic E-state index is 0.164. The molecular weight excluding hydrogens is 286 g/mol. The SMILES string of the molecule is O=C(O)CCn1c(C(=O)O)c2c(c1C(=O)O)OCCCO2. The smallest absolute Gasteiger partial charge is 0.356 e. The Hall–Kier alpha value is -2.71. The maximum Gasteiger partial charge on any atom is 0.356 e. The van der Waals surface area contributed by atoms with Gasteiger partial charge in [0.1, 0.15) is 0 Å². The molecular formula is C12H13NO8. The number of carbonyl (C=O) groups is 3. The number of hydrogen-bond donors (Lipinski definition) is 3. The zero-order valence-corrected chi connectivity index (χ0v) is 10.9. The Labute approximate surface area is 118 Å². The lowest BCUT2D eigenvalue weighted by Gasteiger charge is -2.08. The molecule has 0 unspecified atom stereocenters.